The molecule has 0 aliphatic carbocycles. The van der Waals surface area contributed by atoms with E-state index in [1.807, 2.05) is 59.4 Å². The average Bonchev–Trinajstić information content (AvgIpc) is 3.51. The summed E-state index contributed by atoms with van der Waals surface area (Å²) in [4.78, 5) is 36.0. The first kappa shape index (κ1) is 21.0. The van der Waals surface area contributed by atoms with E-state index in [0.29, 0.717) is 11.3 Å². The standard InChI is InChI=1S/C25H22N10/c1-15-21-23(28-11-26-15)30-13-34(21)19-9-5-7-17(32-19)25(3,4)18-8-6-10-20(33-18)35-14-31-24-22(35)16(2)27-12-29-24/h5-14H,1-4H3. The SMILES string of the molecule is Cc1ncnc2ncn(-c3cccc(C(C)(C)c4cccc(-n5cnc6ncnc(C)c65)n4)n3)c12. The quantitative estimate of drug-likeness (QED) is 0.390. The zero-order chi connectivity index (χ0) is 24.2. The van der Waals surface area contributed by atoms with Gasteiger partial charge in [-0.05, 0) is 52.0 Å². The Bertz CT molecular complexity index is 1590. The van der Waals surface area contributed by atoms with Crippen LogP contribution in [0.25, 0.3) is 34.0 Å². The highest BCUT2D eigenvalue weighted by Crippen LogP contribution is 2.31. The minimum Gasteiger partial charge on any atom is -0.280 e. The number of hydrogen-bond donors (Lipinski definition) is 0. The molecular weight excluding hydrogens is 440 g/mol. The molecule has 0 bridgehead atoms. The van der Waals surface area contributed by atoms with Crippen LogP contribution in [0.2, 0.25) is 0 Å². The molecule has 6 aromatic rings. The zero-order valence-electron chi connectivity index (χ0n) is 19.7. The second-order valence-corrected chi connectivity index (χ2v) is 8.88. The van der Waals surface area contributed by atoms with Crippen molar-refractivity contribution in [2.75, 3.05) is 0 Å². The molecule has 0 fully saturated rings. The molecule has 0 saturated heterocycles. The topological polar surface area (TPSA) is 113 Å². The molecule has 35 heavy (non-hydrogen) atoms. The van der Waals surface area contributed by atoms with E-state index >= 15 is 0 Å². The maximum Gasteiger partial charge on any atom is 0.181 e. The minimum absolute atomic E-state index is 0.476. The highest BCUT2D eigenvalue weighted by Gasteiger charge is 2.27. The number of rotatable bonds is 4. The lowest BCUT2D eigenvalue weighted by molar-refractivity contribution is 0.592. The zero-order valence-corrected chi connectivity index (χ0v) is 19.7. The second-order valence-electron chi connectivity index (χ2n) is 8.88. The van der Waals surface area contributed by atoms with E-state index in [1.165, 1.54) is 12.7 Å². The van der Waals surface area contributed by atoms with Crippen LogP contribution < -0.4 is 0 Å². The van der Waals surface area contributed by atoms with Gasteiger partial charge in [-0.25, -0.2) is 39.9 Å². The number of pyridine rings is 2. The smallest absolute Gasteiger partial charge is 0.181 e. The largest absolute Gasteiger partial charge is 0.280 e. The van der Waals surface area contributed by atoms with Gasteiger partial charge in [0.1, 0.15) is 48.0 Å². The van der Waals surface area contributed by atoms with Gasteiger partial charge in [0.05, 0.1) is 22.8 Å². The summed E-state index contributed by atoms with van der Waals surface area (Å²) in [6.07, 6.45) is 6.52. The summed E-state index contributed by atoms with van der Waals surface area (Å²) in [7, 11) is 0. The lowest BCUT2D eigenvalue weighted by atomic mass is 9.84. The van der Waals surface area contributed by atoms with Crippen molar-refractivity contribution in [1.29, 1.82) is 0 Å². The van der Waals surface area contributed by atoms with Crippen LogP contribution in [0.4, 0.5) is 0 Å². The van der Waals surface area contributed by atoms with Crippen molar-refractivity contribution in [2.24, 2.45) is 0 Å². The Labute approximate surface area is 200 Å². The third kappa shape index (κ3) is 3.33. The second kappa shape index (κ2) is 7.73. The molecule has 172 valence electrons. The van der Waals surface area contributed by atoms with E-state index in [4.69, 9.17) is 9.97 Å². The van der Waals surface area contributed by atoms with Crippen molar-refractivity contribution >= 4 is 22.3 Å². The van der Waals surface area contributed by atoms with Crippen molar-refractivity contribution in [3.8, 4) is 11.6 Å². The van der Waals surface area contributed by atoms with E-state index in [2.05, 4.69) is 43.8 Å². The fourth-order valence-electron chi connectivity index (χ4n) is 4.29. The minimum atomic E-state index is -0.476. The number of nitrogens with zero attached hydrogens (tertiary/aromatic N) is 10. The predicted molar refractivity (Wildman–Crippen MR) is 131 cm³/mol. The fraction of sp³-hybridized carbons (Fsp3) is 0.200. The van der Waals surface area contributed by atoms with Gasteiger partial charge in [-0.2, -0.15) is 0 Å². The Morgan fingerprint density at radius 1 is 0.600 bits per heavy atom. The van der Waals surface area contributed by atoms with Gasteiger partial charge in [0.2, 0.25) is 0 Å². The average molecular weight is 463 g/mol. The number of aromatic nitrogens is 10. The van der Waals surface area contributed by atoms with E-state index < -0.39 is 5.41 Å². The number of fused-ring (bicyclic) bond motifs is 2. The summed E-state index contributed by atoms with van der Waals surface area (Å²) in [6, 6.07) is 11.9. The Balaban J connectivity index is 1.44. The molecule has 0 N–H and O–H groups in total. The molecule has 0 aliphatic heterocycles. The van der Waals surface area contributed by atoms with Gasteiger partial charge in [-0.3, -0.25) is 9.13 Å². The van der Waals surface area contributed by atoms with Crippen LogP contribution in [0.1, 0.15) is 36.6 Å². The summed E-state index contributed by atoms with van der Waals surface area (Å²) in [5.74, 6) is 1.50. The lowest BCUT2D eigenvalue weighted by Gasteiger charge is -2.25. The van der Waals surface area contributed by atoms with E-state index in [9.17, 15) is 0 Å². The van der Waals surface area contributed by atoms with Gasteiger partial charge in [-0.1, -0.05) is 12.1 Å². The predicted octanol–water partition coefficient (Wildman–Crippen LogP) is 3.68. The normalized spacial score (nSPS) is 12.0. The Morgan fingerprint density at radius 3 is 1.51 bits per heavy atom. The highest BCUT2D eigenvalue weighted by molar-refractivity contribution is 5.75. The summed E-state index contributed by atoms with van der Waals surface area (Å²) < 4.78 is 3.85. The van der Waals surface area contributed by atoms with Crippen molar-refractivity contribution in [3.05, 3.63) is 84.5 Å². The molecule has 0 aromatic carbocycles. The van der Waals surface area contributed by atoms with Crippen molar-refractivity contribution in [3.63, 3.8) is 0 Å². The maximum atomic E-state index is 5.00. The molecule has 6 rings (SSSR count). The molecule has 6 aromatic heterocycles. The Kier molecular flexibility index (Phi) is 4.63. The van der Waals surface area contributed by atoms with Crippen LogP contribution in [0.3, 0.4) is 0 Å². The molecule has 10 heteroatoms. The van der Waals surface area contributed by atoms with Gasteiger partial charge in [-0.15, -0.1) is 0 Å². The van der Waals surface area contributed by atoms with Gasteiger partial charge in [0.15, 0.2) is 11.3 Å². The number of aryl methyl sites for hydroxylation is 2. The van der Waals surface area contributed by atoms with Crippen LogP contribution >= 0.6 is 0 Å². The van der Waals surface area contributed by atoms with E-state index in [-0.39, 0.29) is 0 Å². The molecule has 10 nitrogen and oxygen atoms in total. The first-order chi connectivity index (χ1) is 16.9. The molecule has 0 saturated carbocycles. The molecule has 6 heterocycles. The highest BCUT2D eigenvalue weighted by atomic mass is 15.2. The molecule has 0 aliphatic rings. The van der Waals surface area contributed by atoms with Gasteiger partial charge in [0.25, 0.3) is 0 Å². The van der Waals surface area contributed by atoms with Crippen LogP contribution in [0.15, 0.2) is 61.7 Å². The first-order valence-electron chi connectivity index (χ1n) is 11.2. The summed E-state index contributed by atoms with van der Waals surface area (Å²) in [5, 5.41) is 0. The Morgan fingerprint density at radius 2 is 1.06 bits per heavy atom. The molecule has 0 spiro atoms. The Hall–Kier alpha value is -4.60. The molecule has 0 atom stereocenters. The fourth-order valence-corrected chi connectivity index (χ4v) is 4.29. The maximum absolute atomic E-state index is 5.00. The lowest BCUT2D eigenvalue weighted by Crippen LogP contribution is -2.23. The van der Waals surface area contributed by atoms with Crippen LogP contribution in [-0.4, -0.2) is 49.0 Å². The molecule has 0 unspecified atom stereocenters. The molecule has 0 radical (unpaired) electrons. The summed E-state index contributed by atoms with van der Waals surface area (Å²) in [6.45, 7) is 8.12. The first-order valence-corrected chi connectivity index (χ1v) is 11.2. The number of hydrogen-bond acceptors (Lipinski definition) is 8. The monoisotopic (exact) mass is 462 g/mol. The van der Waals surface area contributed by atoms with Crippen LogP contribution in [0.5, 0.6) is 0 Å². The summed E-state index contributed by atoms with van der Waals surface area (Å²) in [5.41, 5.74) is 5.96. The van der Waals surface area contributed by atoms with Gasteiger partial charge < -0.3 is 0 Å². The van der Waals surface area contributed by atoms with E-state index in [1.54, 1.807) is 12.7 Å². The molecular formula is C25H22N10. The van der Waals surface area contributed by atoms with Crippen molar-refractivity contribution in [2.45, 2.75) is 33.1 Å². The van der Waals surface area contributed by atoms with Crippen LogP contribution in [0, 0.1) is 13.8 Å². The third-order valence-corrected chi connectivity index (χ3v) is 6.29. The van der Waals surface area contributed by atoms with Crippen LogP contribution in [-0.2, 0) is 5.41 Å². The molecule has 0 amide bonds. The van der Waals surface area contributed by atoms with Crippen molar-refractivity contribution < 1.29 is 0 Å². The van der Waals surface area contributed by atoms with Crippen molar-refractivity contribution in [1.82, 2.24) is 49.0 Å². The van der Waals surface area contributed by atoms with Gasteiger partial charge >= 0.3 is 0 Å². The van der Waals surface area contributed by atoms with Gasteiger partial charge in [0, 0.05) is 5.41 Å². The third-order valence-electron chi connectivity index (χ3n) is 6.29. The summed E-state index contributed by atoms with van der Waals surface area (Å²) >= 11 is 0. The van der Waals surface area contributed by atoms with E-state index in [0.717, 1.165) is 45.4 Å². The number of imidazole rings is 2.